The van der Waals surface area contributed by atoms with Gasteiger partial charge in [-0.05, 0) is 98.5 Å². The summed E-state index contributed by atoms with van der Waals surface area (Å²) in [5, 5.41) is 19.4. The van der Waals surface area contributed by atoms with Crippen LogP contribution in [0.25, 0.3) is 0 Å². The molecule has 0 aromatic heterocycles. The first-order valence-corrected chi connectivity index (χ1v) is 17.6. The predicted molar refractivity (Wildman–Crippen MR) is 173 cm³/mol. The van der Waals surface area contributed by atoms with Gasteiger partial charge in [0.25, 0.3) is 0 Å². The molecular weight excluding hydrogens is 578 g/mol. The molecule has 5 aliphatic carbocycles. The maximum absolute atomic E-state index is 14.4. The highest BCUT2D eigenvalue weighted by Gasteiger charge is 2.57. The zero-order valence-electron chi connectivity index (χ0n) is 27.6. The van der Waals surface area contributed by atoms with Gasteiger partial charge in [-0.2, -0.15) is 5.26 Å². The number of nitriles is 1. The Morgan fingerprint density at radius 1 is 1.00 bits per heavy atom. The monoisotopic (exact) mass is 627 g/mol. The van der Waals surface area contributed by atoms with Crippen molar-refractivity contribution in [2.45, 2.75) is 121 Å². The Kier molecular flexibility index (Phi) is 7.72. The molecule has 5 saturated carbocycles. The highest BCUT2D eigenvalue weighted by Crippen LogP contribution is 2.60. The van der Waals surface area contributed by atoms with Crippen LogP contribution in [0.3, 0.4) is 0 Å². The number of hydrogen-bond donors (Lipinski definition) is 3. The van der Waals surface area contributed by atoms with Gasteiger partial charge in [-0.15, -0.1) is 0 Å². The smallest absolute Gasteiger partial charge is 0.246 e. The lowest BCUT2D eigenvalue weighted by Crippen LogP contribution is -2.59. The minimum Gasteiger partial charge on any atom is -0.344 e. The minimum absolute atomic E-state index is 0.0261. The van der Waals surface area contributed by atoms with Gasteiger partial charge in [-0.1, -0.05) is 51.8 Å². The SMILES string of the molecule is CC(C)(C)C[C@H](NC(=O)[C@H](CCC1CC1)NC(=O)C12CC3CC(CC(C3)C1)C2)C(=O)N1C[C@]2(C[C@H]1C#N)C(=O)Nc1ccccc12. The number of carbonyl (C=O) groups excluding carboxylic acids is 4. The van der Waals surface area contributed by atoms with E-state index in [-0.39, 0.29) is 47.4 Å². The molecule has 246 valence electrons. The van der Waals surface area contributed by atoms with Gasteiger partial charge in [-0.3, -0.25) is 19.2 Å². The highest BCUT2D eigenvalue weighted by atomic mass is 16.2. The van der Waals surface area contributed by atoms with Crippen molar-refractivity contribution in [2.24, 2.45) is 34.5 Å². The van der Waals surface area contributed by atoms with Crippen LogP contribution in [0.2, 0.25) is 0 Å². The van der Waals surface area contributed by atoms with Crippen molar-refractivity contribution < 1.29 is 19.2 Å². The second kappa shape index (κ2) is 11.4. The summed E-state index contributed by atoms with van der Waals surface area (Å²) < 4.78 is 0. The van der Waals surface area contributed by atoms with Crippen molar-refractivity contribution in [1.29, 1.82) is 5.26 Å². The number of likely N-dealkylation sites (tertiary alicyclic amines) is 1. The van der Waals surface area contributed by atoms with Crippen LogP contribution >= 0.6 is 0 Å². The zero-order chi connectivity index (χ0) is 32.4. The first kappa shape index (κ1) is 31.2. The molecule has 1 aromatic carbocycles. The summed E-state index contributed by atoms with van der Waals surface area (Å²) >= 11 is 0. The Morgan fingerprint density at radius 3 is 2.26 bits per heavy atom. The molecular formula is C37H49N5O4. The number of rotatable bonds is 9. The lowest BCUT2D eigenvalue weighted by atomic mass is 9.49. The fourth-order valence-corrected chi connectivity index (χ4v) is 10.0. The van der Waals surface area contributed by atoms with Crippen LogP contribution in [0.4, 0.5) is 5.69 Å². The van der Waals surface area contributed by atoms with Crippen LogP contribution in [-0.4, -0.2) is 53.2 Å². The Labute approximate surface area is 272 Å². The van der Waals surface area contributed by atoms with Crippen LogP contribution < -0.4 is 16.0 Å². The van der Waals surface area contributed by atoms with Crippen molar-refractivity contribution in [3.8, 4) is 6.07 Å². The topological polar surface area (TPSA) is 131 Å². The molecule has 4 amide bonds. The number of nitrogens with one attached hydrogen (secondary N) is 3. The summed E-state index contributed by atoms with van der Waals surface area (Å²) in [6.07, 6.45) is 10.8. The number of amides is 4. The van der Waals surface area contributed by atoms with Gasteiger partial charge >= 0.3 is 0 Å². The molecule has 1 spiro atoms. The largest absolute Gasteiger partial charge is 0.344 e. The normalized spacial score (nSPS) is 33.7. The van der Waals surface area contributed by atoms with Crippen LogP contribution in [0.15, 0.2) is 24.3 Å². The fourth-order valence-electron chi connectivity index (χ4n) is 10.0. The molecule has 0 radical (unpaired) electrons. The standard InChI is InChI=1S/C37H49N5O4/c1-35(2,3)19-30(32(44)42-21-37(18-26(42)20-38)27-6-4-5-7-28(27)40-34(37)46)39-31(43)29(11-10-22-8-9-22)41-33(45)36-15-23-12-24(16-36)14-25(13-23)17-36/h4-7,22-26,29-30H,8-19,21H2,1-3H3,(H,39,43)(H,40,46)(H,41,45)/t23?,24?,25?,26-,29-,30-,36?,37-/m0/s1. The van der Waals surface area contributed by atoms with Gasteiger partial charge < -0.3 is 20.9 Å². The Balaban J connectivity index is 1.11. The lowest BCUT2D eigenvalue weighted by molar-refractivity contribution is -0.149. The molecule has 0 unspecified atom stereocenters. The van der Waals surface area contributed by atoms with E-state index in [0.717, 1.165) is 44.1 Å². The second-order valence-corrected chi connectivity index (χ2v) is 17.0. The summed E-state index contributed by atoms with van der Waals surface area (Å²) in [4.78, 5) is 57.4. The number of fused-ring (bicyclic) bond motifs is 2. The van der Waals surface area contributed by atoms with Crippen LogP contribution in [0, 0.1) is 45.8 Å². The zero-order valence-corrected chi connectivity index (χ0v) is 27.6. The summed E-state index contributed by atoms with van der Waals surface area (Å²) in [6.45, 7) is 6.14. The second-order valence-electron chi connectivity index (χ2n) is 17.0. The summed E-state index contributed by atoms with van der Waals surface area (Å²) in [7, 11) is 0. The molecule has 4 atom stereocenters. The van der Waals surface area contributed by atoms with Crippen molar-refractivity contribution in [1.82, 2.24) is 15.5 Å². The molecule has 3 N–H and O–H groups in total. The number of carbonyl (C=O) groups is 4. The van der Waals surface area contributed by atoms with E-state index in [1.54, 1.807) is 0 Å². The van der Waals surface area contributed by atoms with Crippen LogP contribution in [0.5, 0.6) is 0 Å². The lowest BCUT2D eigenvalue weighted by Gasteiger charge is -2.55. The average Bonchev–Trinajstić information content (AvgIpc) is 3.68. The van der Waals surface area contributed by atoms with Crippen molar-refractivity contribution in [3.63, 3.8) is 0 Å². The molecule has 6 fully saturated rings. The Bertz CT molecular complexity index is 1440. The molecule has 2 aliphatic heterocycles. The van der Waals surface area contributed by atoms with Gasteiger partial charge in [0.2, 0.25) is 23.6 Å². The quantitative estimate of drug-likeness (QED) is 0.362. The first-order chi connectivity index (χ1) is 21.9. The van der Waals surface area contributed by atoms with Crippen LogP contribution in [-0.2, 0) is 24.6 Å². The molecule has 7 aliphatic rings. The summed E-state index contributed by atoms with van der Waals surface area (Å²) in [6, 6.07) is 7.33. The van der Waals surface area contributed by atoms with Gasteiger partial charge in [0.1, 0.15) is 18.1 Å². The van der Waals surface area contributed by atoms with E-state index in [2.05, 4.69) is 22.0 Å². The maximum atomic E-state index is 14.4. The molecule has 9 nitrogen and oxygen atoms in total. The molecule has 1 saturated heterocycles. The number of benzene rings is 1. The van der Waals surface area contributed by atoms with Crippen molar-refractivity contribution >= 4 is 29.3 Å². The predicted octanol–water partition coefficient (Wildman–Crippen LogP) is 4.81. The Morgan fingerprint density at radius 2 is 1.65 bits per heavy atom. The van der Waals surface area contributed by atoms with Gasteiger partial charge in [0.15, 0.2) is 0 Å². The number of nitrogens with zero attached hydrogens (tertiary/aromatic N) is 2. The van der Waals surface area contributed by atoms with E-state index in [1.165, 1.54) is 24.2 Å². The number of para-hydroxylation sites is 1. The average molecular weight is 628 g/mol. The maximum Gasteiger partial charge on any atom is 0.246 e. The Hall–Kier alpha value is -3.41. The molecule has 9 heteroatoms. The third-order valence-electron chi connectivity index (χ3n) is 12.0. The molecule has 1 aromatic rings. The van der Waals surface area contributed by atoms with E-state index in [9.17, 15) is 24.4 Å². The fraction of sp³-hybridized carbons (Fsp3) is 0.703. The molecule has 4 bridgehead atoms. The van der Waals surface area contributed by atoms with Gasteiger partial charge in [0, 0.05) is 24.1 Å². The van der Waals surface area contributed by atoms with Crippen LogP contribution in [0.1, 0.15) is 103 Å². The van der Waals surface area contributed by atoms with E-state index < -0.39 is 23.5 Å². The summed E-state index contributed by atoms with van der Waals surface area (Å²) in [5.74, 6) is 1.61. The van der Waals surface area contributed by atoms with Crippen molar-refractivity contribution in [3.05, 3.63) is 29.8 Å². The van der Waals surface area contributed by atoms with E-state index in [1.807, 2.05) is 45.0 Å². The third kappa shape index (κ3) is 5.71. The van der Waals surface area contributed by atoms with E-state index in [4.69, 9.17) is 0 Å². The van der Waals surface area contributed by atoms with E-state index >= 15 is 0 Å². The third-order valence-corrected chi connectivity index (χ3v) is 12.0. The van der Waals surface area contributed by atoms with Gasteiger partial charge in [-0.25, -0.2) is 0 Å². The van der Waals surface area contributed by atoms with Gasteiger partial charge in [0.05, 0.1) is 11.5 Å². The van der Waals surface area contributed by atoms with Crippen molar-refractivity contribution in [2.75, 3.05) is 11.9 Å². The minimum atomic E-state index is -0.998. The highest BCUT2D eigenvalue weighted by molar-refractivity contribution is 6.07. The van der Waals surface area contributed by atoms with E-state index in [0.29, 0.717) is 42.2 Å². The molecule has 8 rings (SSSR count). The number of hydrogen-bond acceptors (Lipinski definition) is 5. The summed E-state index contributed by atoms with van der Waals surface area (Å²) in [5.41, 5.74) is -0.154. The molecule has 46 heavy (non-hydrogen) atoms. The first-order valence-electron chi connectivity index (χ1n) is 17.6. The number of anilines is 1. The molecule has 2 heterocycles.